The fourth-order valence-corrected chi connectivity index (χ4v) is 4.23. The Morgan fingerprint density at radius 1 is 1.12 bits per heavy atom. The summed E-state index contributed by atoms with van der Waals surface area (Å²) in [6, 6.07) is 4.93. The van der Waals surface area contributed by atoms with Crippen LogP contribution in [0.15, 0.2) is 33.9 Å². The van der Waals surface area contributed by atoms with Gasteiger partial charge in [0.2, 0.25) is 25.8 Å². The summed E-state index contributed by atoms with van der Waals surface area (Å²) in [6.45, 7) is -0.330. The number of rotatable bonds is 9. The lowest BCUT2D eigenvalue weighted by Crippen LogP contribution is -2.26. The molecular formula is C13H15ClFN3O5S2. The van der Waals surface area contributed by atoms with Crippen LogP contribution in [0.25, 0.3) is 0 Å². The molecule has 0 atom stereocenters. The fourth-order valence-electron chi connectivity index (χ4n) is 1.79. The van der Waals surface area contributed by atoms with Crippen LogP contribution in [0.3, 0.4) is 0 Å². The molecule has 8 nitrogen and oxygen atoms in total. The largest absolute Gasteiger partial charge is 0.411 e. The van der Waals surface area contributed by atoms with Gasteiger partial charge in [-0.05, 0) is 24.1 Å². The van der Waals surface area contributed by atoms with E-state index in [4.69, 9.17) is 16.0 Å². The smallest absolute Gasteiger partial charge is 0.335 e. The van der Waals surface area contributed by atoms with Crippen LogP contribution < -0.4 is 4.72 Å². The van der Waals surface area contributed by atoms with E-state index in [1.54, 1.807) is 0 Å². The Bertz CT molecular complexity index is 913. The Balaban J connectivity index is 2.03. The molecule has 0 fully saturated rings. The topological polar surface area (TPSA) is 119 Å². The molecule has 1 aromatic carbocycles. The number of nitrogens with one attached hydrogen (secondary N) is 1. The second-order valence-electron chi connectivity index (χ2n) is 5.03. The van der Waals surface area contributed by atoms with Crippen LogP contribution in [-0.4, -0.2) is 38.7 Å². The third-order valence-corrected chi connectivity index (χ3v) is 6.06. The van der Waals surface area contributed by atoms with E-state index in [9.17, 15) is 21.2 Å². The number of sulfone groups is 1. The lowest BCUT2D eigenvalue weighted by Gasteiger charge is -2.02. The van der Waals surface area contributed by atoms with Crippen LogP contribution in [0, 0.1) is 5.82 Å². The average molecular weight is 412 g/mol. The predicted octanol–water partition coefficient (Wildman–Crippen LogP) is 1.23. The molecule has 1 aromatic heterocycles. The molecule has 0 unspecified atom stereocenters. The summed E-state index contributed by atoms with van der Waals surface area (Å²) in [7, 11) is -7.50. The quantitative estimate of drug-likeness (QED) is 0.616. The highest BCUT2D eigenvalue weighted by atomic mass is 35.5. The molecule has 0 amide bonds. The molecular weight excluding hydrogens is 397 g/mol. The molecule has 12 heteroatoms. The number of hydrogen-bond donors (Lipinski definition) is 1. The minimum absolute atomic E-state index is 0.166. The first kappa shape index (κ1) is 19.8. The summed E-state index contributed by atoms with van der Waals surface area (Å²) < 4.78 is 67.7. The van der Waals surface area contributed by atoms with E-state index in [1.807, 2.05) is 0 Å². The van der Waals surface area contributed by atoms with Crippen molar-refractivity contribution < 1.29 is 25.6 Å². The van der Waals surface area contributed by atoms with Crippen molar-refractivity contribution >= 4 is 31.5 Å². The van der Waals surface area contributed by atoms with E-state index >= 15 is 0 Å². The first-order chi connectivity index (χ1) is 11.7. The highest BCUT2D eigenvalue weighted by Gasteiger charge is 2.23. The van der Waals surface area contributed by atoms with Crippen molar-refractivity contribution in [3.8, 4) is 0 Å². The Morgan fingerprint density at radius 3 is 2.44 bits per heavy atom. The van der Waals surface area contributed by atoms with Crippen molar-refractivity contribution in [1.82, 2.24) is 14.9 Å². The van der Waals surface area contributed by atoms with Gasteiger partial charge in [-0.2, -0.15) is 0 Å². The van der Waals surface area contributed by atoms with Crippen LogP contribution in [0.1, 0.15) is 17.9 Å². The zero-order valence-electron chi connectivity index (χ0n) is 12.9. The predicted molar refractivity (Wildman–Crippen MR) is 87.6 cm³/mol. The highest BCUT2D eigenvalue weighted by molar-refractivity contribution is 7.90. The summed E-state index contributed by atoms with van der Waals surface area (Å²) in [5, 5.41) is 6.31. The number of benzene rings is 1. The second kappa shape index (κ2) is 8.21. The van der Waals surface area contributed by atoms with Gasteiger partial charge in [-0.15, -0.1) is 16.7 Å². The van der Waals surface area contributed by atoms with E-state index in [1.165, 1.54) is 12.1 Å². The van der Waals surface area contributed by atoms with Crippen molar-refractivity contribution in [2.75, 3.05) is 11.6 Å². The molecule has 0 bridgehead atoms. The number of halogens is 2. The highest BCUT2D eigenvalue weighted by Crippen LogP contribution is 2.16. The number of sulfonamides is 1. The summed E-state index contributed by atoms with van der Waals surface area (Å²) in [5.41, 5.74) is 0.350. The van der Waals surface area contributed by atoms with Crippen molar-refractivity contribution in [2.45, 2.75) is 23.9 Å². The van der Waals surface area contributed by atoms with E-state index in [0.717, 1.165) is 12.1 Å². The van der Waals surface area contributed by atoms with E-state index in [0.29, 0.717) is 5.56 Å². The molecule has 1 N–H and O–H groups in total. The van der Waals surface area contributed by atoms with Gasteiger partial charge in [0.05, 0.1) is 18.1 Å². The van der Waals surface area contributed by atoms with Crippen molar-refractivity contribution in [3.05, 3.63) is 41.5 Å². The molecule has 0 spiro atoms. The van der Waals surface area contributed by atoms with Crippen molar-refractivity contribution in [3.63, 3.8) is 0 Å². The van der Waals surface area contributed by atoms with E-state index < -0.39 is 36.7 Å². The molecule has 25 heavy (non-hydrogen) atoms. The summed E-state index contributed by atoms with van der Waals surface area (Å²) in [5.74, 6) is -1.08. The number of aromatic nitrogens is 2. The van der Waals surface area contributed by atoms with E-state index in [-0.39, 0.29) is 30.5 Å². The summed E-state index contributed by atoms with van der Waals surface area (Å²) in [4.78, 5) is 0. The lowest BCUT2D eigenvalue weighted by atomic mass is 10.2. The van der Waals surface area contributed by atoms with Gasteiger partial charge in [-0.3, -0.25) is 0 Å². The molecule has 0 aliphatic carbocycles. The summed E-state index contributed by atoms with van der Waals surface area (Å²) in [6.07, 6.45) is 0.276. The van der Waals surface area contributed by atoms with Crippen LogP contribution in [0.5, 0.6) is 0 Å². The number of hydrogen-bond acceptors (Lipinski definition) is 7. The van der Waals surface area contributed by atoms with Crippen LogP contribution >= 0.6 is 11.6 Å². The van der Waals surface area contributed by atoms with Gasteiger partial charge in [0.15, 0.2) is 0 Å². The molecule has 0 saturated carbocycles. The zero-order valence-corrected chi connectivity index (χ0v) is 15.2. The number of nitrogens with zero attached hydrogens (tertiary/aromatic N) is 2. The van der Waals surface area contributed by atoms with Crippen LogP contribution in [0.2, 0.25) is 0 Å². The third kappa shape index (κ3) is 6.03. The molecule has 0 aliphatic heterocycles. The molecule has 2 rings (SSSR count). The molecule has 0 radical (unpaired) electrons. The standard InChI is InChI=1S/C13H15ClFN3O5S2/c14-6-1-7-25(21,22)16-8-12-17-18-13(23-12)24(19,20)9-10-2-4-11(15)5-3-10/h2-5,16H,1,6-9H2. The van der Waals surface area contributed by atoms with Crippen LogP contribution in [-0.2, 0) is 32.2 Å². The average Bonchev–Trinajstić information content (AvgIpc) is 3.03. The van der Waals surface area contributed by atoms with Crippen LogP contribution in [0.4, 0.5) is 4.39 Å². The second-order valence-corrected chi connectivity index (χ2v) is 9.20. The first-order valence-corrected chi connectivity index (χ1v) is 10.9. The monoisotopic (exact) mass is 411 g/mol. The molecule has 0 saturated heterocycles. The number of alkyl halides is 1. The van der Waals surface area contributed by atoms with Gasteiger partial charge in [0, 0.05) is 5.88 Å². The Labute approximate surface area is 149 Å². The van der Waals surface area contributed by atoms with Gasteiger partial charge in [-0.1, -0.05) is 17.2 Å². The Hall–Kier alpha value is -1.56. The summed E-state index contributed by atoms with van der Waals surface area (Å²) >= 11 is 5.43. The SMILES string of the molecule is O=S(=O)(CCCCl)NCc1nnc(S(=O)(=O)Cc2ccc(F)cc2)o1. The maximum Gasteiger partial charge on any atom is 0.335 e. The third-order valence-electron chi connectivity index (χ3n) is 2.97. The molecule has 0 aliphatic rings. The lowest BCUT2D eigenvalue weighted by molar-refractivity contribution is 0.393. The maximum absolute atomic E-state index is 12.9. The van der Waals surface area contributed by atoms with Crippen molar-refractivity contribution in [2.24, 2.45) is 0 Å². The first-order valence-electron chi connectivity index (χ1n) is 7.05. The minimum atomic E-state index is -3.93. The minimum Gasteiger partial charge on any atom is -0.411 e. The Morgan fingerprint density at radius 2 is 1.80 bits per heavy atom. The van der Waals surface area contributed by atoms with Gasteiger partial charge in [-0.25, -0.2) is 25.9 Å². The van der Waals surface area contributed by atoms with E-state index in [2.05, 4.69) is 14.9 Å². The van der Waals surface area contributed by atoms with Gasteiger partial charge in [0.1, 0.15) is 5.82 Å². The Kier molecular flexibility index (Phi) is 6.49. The fraction of sp³-hybridized carbons (Fsp3) is 0.385. The normalized spacial score (nSPS) is 12.4. The van der Waals surface area contributed by atoms with Crippen molar-refractivity contribution in [1.29, 1.82) is 0 Å². The maximum atomic E-state index is 12.9. The van der Waals surface area contributed by atoms with Gasteiger partial charge < -0.3 is 4.42 Å². The van der Waals surface area contributed by atoms with Gasteiger partial charge >= 0.3 is 5.22 Å². The molecule has 2 aromatic rings. The molecule has 1 heterocycles. The zero-order chi connectivity index (χ0) is 18.5. The van der Waals surface area contributed by atoms with Gasteiger partial charge in [0.25, 0.3) is 0 Å². The molecule has 138 valence electrons.